The van der Waals surface area contributed by atoms with Gasteiger partial charge in [-0.15, -0.1) is 0 Å². The third kappa shape index (κ3) is 6.62. The molecule has 0 spiro atoms. The monoisotopic (exact) mass is 206 g/mol. The molecule has 0 aliphatic heterocycles. The van der Waals surface area contributed by atoms with E-state index in [1.54, 1.807) is 6.08 Å². The van der Waals surface area contributed by atoms with Gasteiger partial charge in [-0.2, -0.15) is 11.8 Å². The maximum Gasteiger partial charge on any atom is 0.330 e. The summed E-state index contributed by atoms with van der Waals surface area (Å²) in [7, 11) is 0. The van der Waals surface area contributed by atoms with E-state index >= 15 is 0 Å². The Morgan fingerprint density at radius 1 is 1.62 bits per heavy atom. The Balaban J connectivity index is 3.55. The van der Waals surface area contributed by atoms with Crippen LogP contribution < -0.4 is 0 Å². The van der Waals surface area contributed by atoms with Crippen molar-refractivity contribution in [3.05, 3.63) is 11.6 Å². The Morgan fingerprint density at radius 3 is 2.69 bits per heavy atom. The fraction of sp³-hybridized carbons (Fsp3) is 0.625. The first kappa shape index (κ1) is 12.5. The maximum absolute atomic E-state index is 10.3. The van der Waals surface area contributed by atoms with Crippen LogP contribution in [0, 0.1) is 0 Å². The smallest absolute Gasteiger partial charge is 0.330 e. The normalized spacial score (nSPS) is 14.2. The first-order valence-electron chi connectivity index (χ1n) is 3.84. The summed E-state index contributed by atoms with van der Waals surface area (Å²) in [6, 6.07) is 0. The third-order valence-electron chi connectivity index (χ3n) is 1.37. The molecule has 0 amide bonds. The number of carboxylic acids is 1. The van der Waals surface area contributed by atoms with Crippen LogP contribution in [0.25, 0.3) is 0 Å². The van der Waals surface area contributed by atoms with Gasteiger partial charge in [0.1, 0.15) is 0 Å². The van der Waals surface area contributed by atoms with Gasteiger partial charge in [0.05, 0.1) is 12.7 Å². The number of aliphatic carboxylic acids is 1. The van der Waals surface area contributed by atoms with Crippen molar-refractivity contribution in [2.45, 2.75) is 13.0 Å². The molecule has 0 aliphatic rings. The van der Waals surface area contributed by atoms with Crippen LogP contribution in [0.1, 0.15) is 6.92 Å². The number of aliphatic hydroxyl groups is 2. The number of aliphatic hydroxyl groups excluding tert-OH is 2. The second-order valence-electron chi connectivity index (χ2n) is 2.57. The second-order valence-corrected chi connectivity index (χ2v) is 3.64. The van der Waals surface area contributed by atoms with Gasteiger partial charge in [0, 0.05) is 17.1 Å². The zero-order valence-electron chi connectivity index (χ0n) is 7.43. The lowest BCUT2D eigenvalue weighted by molar-refractivity contribution is -0.132. The van der Waals surface area contributed by atoms with Crippen LogP contribution in [0.3, 0.4) is 0 Å². The van der Waals surface area contributed by atoms with Crippen molar-refractivity contribution in [2.24, 2.45) is 0 Å². The summed E-state index contributed by atoms with van der Waals surface area (Å²) in [4.78, 5) is 10.3. The van der Waals surface area contributed by atoms with Crippen molar-refractivity contribution in [3.63, 3.8) is 0 Å². The zero-order chi connectivity index (χ0) is 10.3. The Morgan fingerprint density at radius 2 is 2.23 bits per heavy atom. The van der Waals surface area contributed by atoms with Gasteiger partial charge in [-0.05, 0) is 6.92 Å². The van der Waals surface area contributed by atoms with Crippen LogP contribution in [-0.2, 0) is 4.79 Å². The Bertz CT molecular complexity index is 191. The molecule has 0 rings (SSSR count). The highest BCUT2D eigenvalue weighted by Crippen LogP contribution is 2.05. The van der Waals surface area contributed by atoms with Gasteiger partial charge in [0.2, 0.25) is 0 Å². The first-order chi connectivity index (χ1) is 6.07. The fourth-order valence-corrected chi connectivity index (χ4v) is 1.41. The van der Waals surface area contributed by atoms with E-state index in [4.69, 9.17) is 15.3 Å². The lowest BCUT2D eigenvalue weighted by Gasteiger charge is -2.04. The second kappa shape index (κ2) is 6.94. The van der Waals surface area contributed by atoms with Crippen molar-refractivity contribution >= 4 is 17.7 Å². The van der Waals surface area contributed by atoms with Gasteiger partial charge >= 0.3 is 5.97 Å². The highest BCUT2D eigenvalue weighted by atomic mass is 32.2. The van der Waals surface area contributed by atoms with Crippen molar-refractivity contribution in [3.8, 4) is 0 Å². The van der Waals surface area contributed by atoms with Crippen molar-refractivity contribution < 1.29 is 20.1 Å². The van der Waals surface area contributed by atoms with Crippen LogP contribution in [0.2, 0.25) is 0 Å². The van der Waals surface area contributed by atoms with Gasteiger partial charge in [-0.3, -0.25) is 0 Å². The number of hydrogen-bond donors (Lipinski definition) is 3. The highest BCUT2D eigenvalue weighted by Gasteiger charge is 2.01. The Kier molecular flexibility index (Phi) is 6.66. The minimum absolute atomic E-state index is 0.255. The average molecular weight is 206 g/mol. The molecule has 0 saturated carbocycles. The van der Waals surface area contributed by atoms with E-state index in [1.807, 2.05) is 0 Å². The molecule has 0 heterocycles. The number of carbonyl (C=O) groups is 1. The lowest BCUT2D eigenvalue weighted by Crippen LogP contribution is -2.14. The molecule has 4 nitrogen and oxygen atoms in total. The van der Waals surface area contributed by atoms with Crippen LogP contribution >= 0.6 is 11.8 Å². The fourth-order valence-electron chi connectivity index (χ4n) is 0.528. The molecule has 0 radical (unpaired) electrons. The molecule has 0 aromatic carbocycles. The molecule has 0 bridgehead atoms. The standard InChI is InChI=1S/C8H14O4S/c1-6(8(11)12)2-3-13-5-7(10)4-9/h2,7,9-10H,3-5H2,1H3,(H,11,12). The number of hydrogen-bond acceptors (Lipinski definition) is 4. The van der Waals surface area contributed by atoms with E-state index < -0.39 is 12.1 Å². The molecular formula is C8H14O4S. The molecule has 0 saturated heterocycles. The van der Waals surface area contributed by atoms with E-state index in [0.29, 0.717) is 17.1 Å². The molecule has 0 fully saturated rings. The molecule has 0 aromatic heterocycles. The highest BCUT2D eigenvalue weighted by molar-refractivity contribution is 7.99. The summed E-state index contributed by atoms with van der Waals surface area (Å²) in [5.74, 6) is 0.0260. The number of thioether (sulfide) groups is 1. The maximum atomic E-state index is 10.3. The van der Waals surface area contributed by atoms with E-state index in [-0.39, 0.29) is 6.61 Å². The SMILES string of the molecule is CC(=CCSCC(O)CO)C(=O)O. The van der Waals surface area contributed by atoms with Crippen LogP contribution in [0.5, 0.6) is 0 Å². The molecule has 0 aliphatic carbocycles. The molecule has 0 aromatic rings. The molecule has 3 N–H and O–H groups in total. The largest absolute Gasteiger partial charge is 0.478 e. The topological polar surface area (TPSA) is 77.8 Å². The van der Waals surface area contributed by atoms with Gasteiger partial charge in [0.25, 0.3) is 0 Å². The van der Waals surface area contributed by atoms with Gasteiger partial charge in [-0.25, -0.2) is 4.79 Å². The Labute approximate surface area is 81.3 Å². The van der Waals surface area contributed by atoms with Crippen LogP contribution in [-0.4, -0.2) is 45.5 Å². The predicted octanol–water partition coefficient (Wildman–Crippen LogP) is 0.104. The molecule has 1 unspecified atom stereocenters. The third-order valence-corrected chi connectivity index (χ3v) is 2.39. The van der Waals surface area contributed by atoms with E-state index in [9.17, 15) is 4.79 Å². The molecule has 13 heavy (non-hydrogen) atoms. The average Bonchev–Trinajstić information content (AvgIpc) is 2.11. The minimum Gasteiger partial charge on any atom is -0.478 e. The Hall–Kier alpha value is -0.520. The summed E-state index contributed by atoms with van der Waals surface area (Å²) in [5, 5.41) is 25.9. The van der Waals surface area contributed by atoms with Gasteiger partial charge < -0.3 is 15.3 Å². The van der Waals surface area contributed by atoms with Crippen LogP contribution in [0.15, 0.2) is 11.6 Å². The summed E-state index contributed by atoms with van der Waals surface area (Å²) in [6.45, 7) is 1.26. The van der Waals surface area contributed by atoms with Gasteiger partial charge in [0.15, 0.2) is 0 Å². The summed E-state index contributed by atoms with van der Waals surface area (Å²) in [6.07, 6.45) is 0.862. The molecule has 76 valence electrons. The lowest BCUT2D eigenvalue weighted by atomic mass is 10.3. The van der Waals surface area contributed by atoms with Gasteiger partial charge in [-0.1, -0.05) is 6.08 Å². The summed E-state index contributed by atoms with van der Waals surface area (Å²) < 4.78 is 0. The van der Waals surface area contributed by atoms with Crippen molar-refractivity contribution in [1.29, 1.82) is 0 Å². The van der Waals surface area contributed by atoms with E-state index in [1.165, 1.54) is 18.7 Å². The van der Waals surface area contributed by atoms with E-state index in [2.05, 4.69) is 0 Å². The summed E-state index contributed by atoms with van der Waals surface area (Å²) in [5.41, 5.74) is 0.297. The van der Waals surface area contributed by atoms with Crippen LogP contribution in [0.4, 0.5) is 0 Å². The number of rotatable bonds is 6. The summed E-state index contributed by atoms with van der Waals surface area (Å²) >= 11 is 1.38. The van der Waals surface area contributed by atoms with E-state index in [0.717, 1.165) is 0 Å². The predicted molar refractivity (Wildman–Crippen MR) is 51.8 cm³/mol. The molecule has 1 atom stereocenters. The number of carboxylic acid groups (broad SMARTS) is 1. The minimum atomic E-state index is -0.927. The quantitative estimate of drug-likeness (QED) is 0.424. The molecular weight excluding hydrogens is 192 g/mol. The molecule has 5 heteroatoms. The first-order valence-corrected chi connectivity index (χ1v) is 5.00. The van der Waals surface area contributed by atoms with Crippen molar-refractivity contribution in [2.75, 3.05) is 18.1 Å². The zero-order valence-corrected chi connectivity index (χ0v) is 8.25. The van der Waals surface area contributed by atoms with Crippen molar-refractivity contribution in [1.82, 2.24) is 0 Å².